The van der Waals surface area contributed by atoms with Crippen LogP contribution >= 0.6 is 28.3 Å². The summed E-state index contributed by atoms with van der Waals surface area (Å²) in [5.74, 6) is 1.84. The third-order valence-corrected chi connectivity index (χ3v) is 4.65. The SMILES string of the molecule is Cl.O=C(NCCC1CCNC1)c1ccccc1Oc1cccc(Br)c1. The molecule has 1 saturated heterocycles. The van der Waals surface area contributed by atoms with Crippen molar-refractivity contribution in [1.82, 2.24) is 10.6 Å². The first kappa shape index (κ1) is 19.8. The number of halogens is 2. The van der Waals surface area contributed by atoms with Crippen LogP contribution in [0, 0.1) is 5.92 Å². The van der Waals surface area contributed by atoms with E-state index >= 15 is 0 Å². The molecule has 1 fully saturated rings. The summed E-state index contributed by atoms with van der Waals surface area (Å²) in [6, 6.07) is 14.9. The summed E-state index contributed by atoms with van der Waals surface area (Å²) in [5.41, 5.74) is 0.557. The highest BCUT2D eigenvalue weighted by molar-refractivity contribution is 9.10. The van der Waals surface area contributed by atoms with Gasteiger partial charge in [-0.25, -0.2) is 0 Å². The number of benzene rings is 2. The predicted octanol–water partition coefficient (Wildman–Crippen LogP) is 4.39. The van der Waals surface area contributed by atoms with Crippen molar-refractivity contribution in [3.8, 4) is 11.5 Å². The first-order chi connectivity index (χ1) is 11.7. The van der Waals surface area contributed by atoms with Crippen molar-refractivity contribution in [2.45, 2.75) is 12.8 Å². The minimum atomic E-state index is -0.0912. The van der Waals surface area contributed by atoms with Crippen LogP contribution in [0.4, 0.5) is 0 Å². The molecule has 1 amide bonds. The molecule has 25 heavy (non-hydrogen) atoms. The Morgan fingerprint density at radius 2 is 2.08 bits per heavy atom. The number of amides is 1. The van der Waals surface area contributed by atoms with Gasteiger partial charge >= 0.3 is 0 Å². The van der Waals surface area contributed by atoms with Gasteiger partial charge in [0, 0.05) is 11.0 Å². The van der Waals surface area contributed by atoms with E-state index in [0.29, 0.717) is 29.5 Å². The van der Waals surface area contributed by atoms with Crippen LogP contribution in [0.15, 0.2) is 53.0 Å². The number of hydrogen-bond donors (Lipinski definition) is 2. The van der Waals surface area contributed by atoms with Gasteiger partial charge in [-0.1, -0.05) is 34.1 Å². The Bertz CT molecular complexity index is 705. The molecule has 1 aliphatic heterocycles. The molecular weight excluding hydrogens is 404 g/mol. The lowest BCUT2D eigenvalue weighted by atomic mass is 10.1. The van der Waals surface area contributed by atoms with Crippen LogP contribution in [0.5, 0.6) is 11.5 Å². The third kappa shape index (κ3) is 5.73. The van der Waals surface area contributed by atoms with E-state index in [0.717, 1.165) is 24.0 Å². The Labute approximate surface area is 162 Å². The zero-order valence-corrected chi connectivity index (χ0v) is 16.2. The van der Waals surface area contributed by atoms with E-state index < -0.39 is 0 Å². The zero-order chi connectivity index (χ0) is 16.8. The minimum Gasteiger partial charge on any atom is -0.456 e. The highest BCUT2D eigenvalue weighted by Crippen LogP contribution is 2.27. The average Bonchev–Trinajstić information content (AvgIpc) is 3.09. The van der Waals surface area contributed by atoms with Gasteiger partial charge in [0.15, 0.2) is 0 Å². The molecule has 0 spiro atoms. The predicted molar refractivity (Wildman–Crippen MR) is 106 cm³/mol. The molecule has 2 aromatic carbocycles. The van der Waals surface area contributed by atoms with Gasteiger partial charge in [0.1, 0.15) is 11.5 Å². The lowest BCUT2D eigenvalue weighted by Crippen LogP contribution is -2.26. The number of carbonyl (C=O) groups excluding carboxylic acids is 1. The van der Waals surface area contributed by atoms with Gasteiger partial charge in [0.25, 0.3) is 5.91 Å². The second-order valence-electron chi connectivity index (χ2n) is 5.96. The maximum atomic E-state index is 12.5. The van der Waals surface area contributed by atoms with Crippen molar-refractivity contribution in [2.75, 3.05) is 19.6 Å². The molecule has 0 aromatic heterocycles. The summed E-state index contributed by atoms with van der Waals surface area (Å²) < 4.78 is 6.83. The maximum Gasteiger partial charge on any atom is 0.255 e. The Kier molecular flexibility index (Phi) is 7.75. The van der Waals surface area contributed by atoms with E-state index in [2.05, 4.69) is 26.6 Å². The maximum absolute atomic E-state index is 12.5. The smallest absolute Gasteiger partial charge is 0.255 e. The molecule has 6 heteroatoms. The summed E-state index contributed by atoms with van der Waals surface area (Å²) in [6.45, 7) is 2.83. The standard InChI is InChI=1S/C19H21BrN2O2.ClH/c20-15-4-3-5-16(12-15)24-18-7-2-1-6-17(18)19(23)22-11-9-14-8-10-21-13-14;/h1-7,12,14,21H,8-11,13H2,(H,22,23);1H. The summed E-state index contributed by atoms with van der Waals surface area (Å²) in [4.78, 5) is 12.5. The molecule has 1 unspecified atom stereocenters. The molecular formula is C19H22BrClN2O2. The first-order valence-electron chi connectivity index (χ1n) is 8.24. The van der Waals surface area contributed by atoms with Gasteiger partial charge in [-0.15, -0.1) is 12.4 Å². The van der Waals surface area contributed by atoms with E-state index in [9.17, 15) is 4.79 Å². The van der Waals surface area contributed by atoms with Crippen molar-refractivity contribution in [1.29, 1.82) is 0 Å². The van der Waals surface area contributed by atoms with Crippen LogP contribution in [-0.4, -0.2) is 25.5 Å². The van der Waals surface area contributed by atoms with E-state index in [4.69, 9.17) is 4.74 Å². The summed E-state index contributed by atoms with van der Waals surface area (Å²) in [5, 5.41) is 6.35. The fourth-order valence-electron chi connectivity index (χ4n) is 2.85. The first-order valence-corrected chi connectivity index (χ1v) is 9.03. The Hall–Kier alpha value is -1.56. The Morgan fingerprint density at radius 3 is 2.84 bits per heavy atom. The highest BCUT2D eigenvalue weighted by Gasteiger charge is 2.16. The van der Waals surface area contributed by atoms with Crippen LogP contribution in [0.2, 0.25) is 0 Å². The molecule has 0 aliphatic carbocycles. The van der Waals surface area contributed by atoms with Gasteiger partial charge in [-0.2, -0.15) is 0 Å². The van der Waals surface area contributed by atoms with Crippen LogP contribution in [-0.2, 0) is 0 Å². The van der Waals surface area contributed by atoms with Crippen LogP contribution in [0.1, 0.15) is 23.2 Å². The van der Waals surface area contributed by atoms with Gasteiger partial charge in [0.05, 0.1) is 5.56 Å². The second-order valence-corrected chi connectivity index (χ2v) is 6.87. The summed E-state index contributed by atoms with van der Waals surface area (Å²) in [6.07, 6.45) is 2.20. The molecule has 1 atom stereocenters. The van der Waals surface area contributed by atoms with Crippen LogP contribution in [0.25, 0.3) is 0 Å². The fraction of sp³-hybridized carbons (Fsp3) is 0.316. The van der Waals surface area contributed by atoms with E-state index in [1.54, 1.807) is 6.07 Å². The number of rotatable bonds is 6. The quantitative estimate of drug-likeness (QED) is 0.721. The summed E-state index contributed by atoms with van der Waals surface area (Å²) in [7, 11) is 0. The van der Waals surface area contributed by atoms with E-state index in [1.165, 1.54) is 6.42 Å². The molecule has 134 valence electrons. The normalized spacial score (nSPS) is 16.1. The molecule has 4 nitrogen and oxygen atoms in total. The fourth-order valence-corrected chi connectivity index (χ4v) is 3.22. The number of carbonyl (C=O) groups is 1. The van der Waals surface area contributed by atoms with Crippen molar-refractivity contribution < 1.29 is 9.53 Å². The Balaban J connectivity index is 0.00000225. The number of para-hydroxylation sites is 1. The largest absolute Gasteiger partial charge is 0.456 e. The van der Waals surface area contributed by atoms with Gasteiger partial charge in [-0.3, -0.25) is 4.79 Å². The molecule has 1 aliphatic rings. The molecule has 3 rings (SSSR count). The monoisotopic (exact) mass is 424 g/mol. The zero-order valence-electron chi connectivity index (χ0n) is 13.8. The molecule has 0 bridgehead atoms. The number of ether oxygens (including phenoxy) is 1. The molecule has 2 N–H and O–H groups in total. The molecule has 0 saturated carbocycles. The highest BCUT2D eigenvalue weighted by atomic mass is 79.9. The average molecular weight is 426 g/mol. The number of hydrogen-bond acceptors (Lipinski definition) is 3. The van der Waals surface area contributed by atoms with Gasteiger partial charge in [0.2, 0.25) is 0 Å². The summed E-state index contributed by atoms with van der Waals surface area (Å²) >= 11 is 3.42. The molecule has 0 radical (unpaired) electrons. The molecule has 2 aromatic rings. The van der Waals surface area contributed by atoms with Crippen molar-refractivity contribution in [3.63, 3.8) is 0 Å². The lowest BCUT2D eigenvalue weighted by Gasteiger charge is -2.13. The lowest BCUT2D eigenvalue weighted by molar-refractivity contribution is 0.0949. The minimum absolute atomic E-state index is 0. The van der Waals surface area contributed by atoms with E-state index in [1.807, 2.05) is 42.5 Å². The third-order valence-electron chi connectivity index (χ3n) is 4.16. The van der Waals surface area contributed by atoms with Crippen LogP contribution < -0.4 is 15.4 Å². The van der Waals surface area contributed by atoms with Crippen molar-refractivity contribution >= 4 is 34.2 Å². The van der Waals surface area contributed by atoms with Crippen LogP contribution in [0.3, 0.4) is 0 Å². The topological polar surface area (TPSA) is 50.4 Å². The van der Waals surface area contributed by atoms with E-state index in [-0.39, 0.29) is 18.3 Å². The Morgan fingerprint density at radius 1 is 1.24 bits per heavy atom. The second kappa shape index (κ2) is 9.80. The van der Waals surface area contributed by atoms with Gasteiger partial charge < -0.3 is 15.4 Å². The molecule has 1 heterocycles. The van der Waals surface area contributed by atoms with Crippen molar-refractivity contribution in [2.24, 2.45) is 5.92 Å². The van der Waals surface area contributed by atoms with Crippen molar-refractivity contribution in [3.05, 3.63) is 58.6 Å². The van der Waals surface area contributed by atoms with Gasteiger partial charge in [-0.05, 0) is 62.2 Å². The number of nitrogens with one attached hydrogen (secondary N) is 2.